The van der Waals surface area contributed by atoms with Gasteiger partial charge in [-0.1, -0.05) is 0 Å². The van der Waals surface area contributed by atoms with E-state index >= 15 is 0 Å². The number of carboxylic acid groups (broad SMARTS) is 1. The van der Waals surface area contributed by atoms with Crippen molar-refractivity contribution in [2.45, 2.75) is 0 Å². The lowest BCUT2D eigenvalue weighted by molar-refractivity contribution is -0.385. The Morgan fingerprint density at radius 2 is 2.14 bits per heavy atom. The molecule has 9 heteroatoms. The Bertz CT molecular complexity index is 738. The van der Waals surface area contributed by atoms with Gasteiger partial charge in [0.25, 0.3) is 5.69 Å². The number of aromatic carboxylic acids is 1. The molecule has 0 atom stereocenters. The number of hydrogen-bond donors (Lipinski definition) is 1. The summed E-state index contributed by atoms with van der Waals surface area (Å²) in [5.74, 6) is -2.35. The molecule has 108 valence electrons. The first-order valence-electron chi connectivity index (χ1n) is 5.39. The minimum atomic E-state index is -1.39. The molecule has 0 aliphatic heterocycles. The normalized spacial score (nSPS) is 10.2. The number of halogens is 2. The van der Waals surface area contributed by atoms with E-state index in [0.29, 0.717) is 0 Å². The lowest BCUT2D eigenvalue weighted by Gasteiger charge is -2.07. The fourth-order valence-electron chi connectivity index (χ4n) is 1.43. The van der Waals surface area contributed by atoms with Crippen LogP contribution >= 0.6 is 15.9 Å². The summed E-state index contributed by atoms with van der Waals surface area (Å²) >= 11 is 3.05. The number of pyridine rings is 1. The number of carboxylic acids is 1. The van der Waals surface area contributed by atoms with Crippen LogP contribution in [0.4, 0.5) is 10.1 Å². The first kappa shape index (κ1) is 14.9. The number of benzene rings is 1. The van der Waals surface area contributed by atoms with Gasteiger partial charge in [-0.3, -0.25) is 10.1 Å². The van der Waals surface area contributed by atoms with Crippen molar-refractivity contribution >= 4 is 27.6 Å². The van der Waals surface area contributed by atoms with Crippen molar-refractivity contribution in [2.24, 2.45) is 0 Å². The molecular weight excluding hydrogens is 351 g/mol. The number of carbonyl (C=O) groups is 1. The van der Waals surface area contributed by atoms with Gasteiger partial charge in [-0.15, -0.1) is 0 Å². The third-order valence-corrected chi connectivity index (χ3v) is 2.96. The molecule has 1 aromatic heterocycles. The van der Waals surface area contributed by atoms with E-state index < -0.39 is 22.3 Å². The van der Waals surface area contributed by atoms with Crippen LogP contribution in [0.25, 0.3) is 0 Å². The number of nitrogens with zero attached hydrogens (tertiary/aromatic N) is 2. The van der Waals surface area contributed by atoms with Crippen molar-refractivity contribution < 1.29 is 24.0 Å². The molecule has 0 saturated carbocycles. The molecule has 7 nitrogen and oxygen atoms in total. The summed E-state index contributed by atoms with van der Waals surface area (Å²) in [6.07, 6.45) is 0.988. The third kappa shape index (κ3) is 3.31. The quantitative estimate of drug-likeness (QED) is 0.665. The maximum absolute atomic E-state index is 13.5. The van der Waals surface area contributed by atoms with Gasteiger partial charge in [0.1, 0.15) is 17.8 Å². The molecule has 2 aromatic rings. The monoisotopic (exact) mass is 356 g/mol. The Labute approximate surface area is 125 Å². The fourth-order valence-corrected chi connectivity index (χ4v) is 1.85. The highest BCUT2D eigenvalue weighted by Gasteiger charge is 2.14. The Kier molecular flexibility index (Phi) is 4.13. The molecule has 0 fully saturated rings. The Hall–Kier alpha value is -2.55. The second-order valence-electron chi connectivity index (χ2n) is 3.79. The first-order chi connectivity index (χ1) is 9.88. The number of aromatic nitrogens is 1. The lowest BCUT2D eigenvalue weighted by Crippen LogP contribution is -2.00. The number of hydrogen-bond acceptors (Lipinski definition) is 5. The number of nitro groups is 1. The van der Waals surface area contributed by atoms with Gasteiger partial charge in [0.2, 0.25) is 5.88 Å². The van der Waals surface area contributed by atoms with Gasteiger partial charge in [0.15, 0.2) is 0 Å². The van der Waals surface area contributed by atoms with Crippen LogP contribution in [0.3, 0.4) is 0 Å². The highest BCUT2D eigenvalue weighted by molar-refractivity contribution is 9.10. The summed E-state index contributed by atoms with van der Waals surface area (Å²) in [5, 5.41) is 19.3. The lowest BCUT2D eigenvalue weighted by atomic mass is 10.2. The average Bonchev–Trinajstić information content (AvgIpc) is 2.40. The summed E-state index contributed by atoms with van der Waals surface area (Å²) in [6, 6.07) is 4.37. The van der Waals surface area contributed by atoms with Crippen molar-refractivity contribution in [1.82, 2.24) is 4.98 Å². The van der Waals surface area contributed by atoms with Crippen molar-refractivity contribution in [1.29, 1.82) is 0 Å². The Balaban J connectivity index is 2.28. The second kappa shape index (κ2) is 5.83. The number of rotatable bonds is 4. The second-order valence-corrected chi connectivity index (χ2v) is 4.64. The molecule has 1 heterocycles. The van der Waals surface area contributed by atoms with E-state index in [1.54, 1.807) is 0 Å². The number of ether oxygens (including phenoxy) is 1. The highest BCUT2D eigenvalue weighted by atomic mass is 79.9. The maximum atomic E-state index is 13.5. The van der Waals surface area contributed by atoms with Crippen LogP contribution in [0.15, 0.2) is 34.9 Å². The van der Waals surface area contributed by atoms with Gasteiger partial charge < -0.3 is 9.84 Å². The topological polar surface area (TPSA) is 103 Å². The van der Waals surface area contributed by atoms with E-state index in [1.165, 1.54) is 12.1 Å². The fraction of sp³-hybridized carbons (Fsp3) is 0. The zero-order valence-corrected chi connectivity index (χ0v) is 11.7. The summed E-state index contributed by atoms with van der Waals surface area (Å²) in [7, 11) is 0. The van der Waals surface area contributed by atoms with Crippen LogP contribution in [0.5, 0.6) is 11.6 Å². The molecule has 1 N–H and O–H groups in total. The molecule has 0 unspecified atom stereocenters. The third-order valence-electron chi connectivity index (χ3n) is 2.39. The largest absolute Gasteiger partial charge is 0.478 e. The van der Waals surface area contributed by atoms with E-state index in [9.17, 15) is 19.3 Å². The van der Waals surface area contributed by atoms with Crippen molar-refractivity contribution in [2.75, 3.05) is 0 Å². The molecule has 0 bridgehead atoms. The van der Waals surface area contributed by atoms with Crippen molar-refractivity contribution in [3.8, 4) is 11.6 Å². The van der Waals surface area contributed by atoms with E-state index in [-0.39, 0.29) is 21.8 Å². The van der Waals surface area contributed by atoms with Crippen LogP contribution in [0.1, 0.15) is 10.4 Å². The molecule has 0 amide bonds. The summed E-state index contributed by atoms with van der Waals surface area (Å²) in [4.78, 5) is 24.4. The SMILES string of the molecule is O=C(O)c1ccc(Oc2ncc([N+](=O)[O-])cc2Br)cc1F. The molecule has 0 radical (unpaired) electrons. The van der Waals surface area contributed by atoms with Crippen LogP contribution in [-0.4, -0.2) is 21.0 Å². The van der Waals surface area contributed by atoms with Gasteiger partial charge in [0, 0.05) is 12.1 Å². The minimum absolute atomic E-state index is 0.0110. The molecule has 2 rings (SSSR count). The average molecular weight is 357 g/mol. The van der Waals surface area contributed by atoms with E-state index in [1.807, 2.05) is 0 Å². The van der Waals surface area contributed by atoms with Crippen LogP contribution in [0, 0.1) is 15.9 Å². The molecular formula is C12H6BrFN2O5. The van der Waals surface area contributed by atoms with Gasteiger partial charge >= 0.3 is 5.97 Å². The highest BCUT2D eigenvalue weighted by Crippen LogP contribution is 2.30. The van der Waals surface area contributed by atoms with Crippen LogP contribution in [0.2, 0.25) is 0 Å². The summed E-state index contributed by atoms with van der Waals surface area (Å²) < 4.78 is 18.9. The molecule has 21 heavy (non-hydrogen) atoms. The minimum Gasteiger partial charge on any atom is -0.478 e. The van der Waals surface area contributed by atoms with Gasteiger partial charge in [-0.05, 0) is 28.1 Å². The molecule has 0 spiro atoms. The zero-order chi connectivity index (χ0) is 15.6. The summed E-state index contributed by atoms with van der Waals surface area (Å²) in [5.41, 5.74) is -0.722. The predicted octanol–water partition coefficient (Wildman–Crippen LogP) is 3.38. The smallest absolute Gasteiger partial charge is 0.338 e. The first-order valence-corrected chi connectivity index (χ1v) is 6.18. The van der Waals surface area contributed by atoms with Crippen molar-refractivity contribution in [3.05, 3.63) is 56.4 Å². The molecule has 0 saturated heterocycles. The van der Waals surface area contributed by atoms with E-state index in [2.05, 4.69) is 20.9 Å². The predicted molar refractivity (Wildman–Crippen MR) is 72.0 cm³/mol. The summed E-state index contributed by atoms with van der Waals surface area (Å²) in [6.45, 7) is 0. The van der Waals surface area contributed by atoms with Crippen LogP contribution in [-0.2, 0) is 0 Å². The molecule has 0 aliphatic rings. The van der Waals surface area contributed by atoms with Gasteiger partial charge in [-0.2, -0.15) is 0 Å². The maximum Gasteiger partial charge on any atom is 0.338 e. The van der Waals surface area contributed by atoms with E-state index in [0.717, 1.165) is 18.3 Å². The molecule has 0 aliphatic carbocycles. The van der Waals surface area contributed by atoms with Gasteiger partial charge in [-0.25, -0.2) is 14.2 Å². The standard InChI is InChI=1S/C12H6BrFN2O5/c13-9-3-6(16(19)20)5-15-11(9)21-7-1-2-8(12(17)18)10(14)4-7/h1-5H,(H,17,18). The Morgan fingerprint density at radius 1 is 1.43 bits per heavy atom. The van der Waals surface area contributed by atoms with Crippen LogP contribution < -0.4 is 4.74 Å². The Morgan fingerprint density at radius 3 is 2.67 bits per heavy atom. The van der Waals surface area contributed by atoms with Gasteiger partial charge in [0.05, 0.1) is 15.0 Å². The zero-order valence-electron chi connectivity index (χ0n) is 10.1. The van der Waals surface area contributed by atoms with E-state index in [4.69, 9.17) is 9.84 Å². The molecule has 1 aromatic carbocycles. The van der Waals surface area contributed by atoms with Crippen molar-refractivity contribution in [3.63, 3.8) is 0 Å².